The fourth-order valence-corrected chi connectivity index (χ4v) is 1.39. The molecule has 7 heteroatoms. The molecule has 0 atom stereocenters. The Morgan fingerprint density at radius 3 is 2.56 bits per heavy atom. The van der Waals surface area contributed by atoms with E-state index < -0.39 is 10.0 Å². The van der Waals surface area contributed by atoms with Gasteiger partial charge in [0.1, 0.15) is 0 Å². The lowest BCUT2D eigenvalue weighted by Gasteiger charge is -2.06. The van der Waals surface area contributed by atoms with Crippen molar-refractivity contribution in [2.75, 3.05) is 25.4 Å². The van der Waals surface area contributed by atoms with Crippen molar-refractivity contribution < 1.29 is 8.42 Å². The predicted octanol–water partition coefficient (Wildman–Crippen LogP) is -0.594. The van der Waals surface area contributed by atoms with Crippen molar-refractivity contribution in [3.05, 3.63) is 12.2 Å². The van der Waals surface area contributed by atoms with E-state index in [1.165, 1.54) is 0 Å². The molecule has 0 heterocycles. The topological polar surface area (TPSA) is 96.6 Å². The zero-order valence-electron chi connectivity index (χ0n) is 9.78. The first-order chi connectivity index (χ1) is 7.37. The Kier molecular flexibility index (Phi) is 6.75. The third kappa shape index (κ3) is 8.25. The second kappa shape index (κ2) is 7.24. The molecule has 94 valence electrons. The molecule has 6 nitrogen and oxygen atoms in total. The maximum atomic E-state index is 11.0. The summed E-state index contributed by atoms with van der Waals surface area (Å²) in [5.41, 5.74) is 6.44. The Hall–Kier alpha value is -1.08. The van der Waals surface area contributed by atoms with E-state index >= 15 is 0 Å². The second-order valence-electron chi connectivity index (χ2n) is 3.38. The van der Waals surface area contributed by atoms with Crippen molar-refractivity contribution in [2.45, 2.75) is 13.8 Å². The number of sulfonamides is 1. The number of nitrogens with two attached hydrogens (primary N) is 1. The highest BCUT2D eigenvalue weighted by molar-refractivity contribution is 7.89. The van der Waals surface area contributed by atoms with E-state index in [1.807, 2.05) is 6.92 Å². The van der Waals surface area contributed by atoms with Crippen molar-refractivity contribution in [3.63, 3.8) is 0 Å². The van der Waals surface area contributed by atoms with E-state index in [2.05, 4.69) is 21.6 Å². The minimum absolute atomic E-state index is 0.0756. The minimum Gasteiger partial charge on any atom is -0.370 e. The van der Waals surface area contributed by atoms with E-state index in [1.54, 1.807) is 6.92 Å². The molecule has 0 radical (unpaired) electrons. The second-order valence-corrected chi connectivity index (χ2v) is 5.48. The summed E-state index contributed by atoms with van der Waals surface area (Å²) in [6.45, 7) is 8.29. The highest BCUT2D eigenvalue weighted by atomic mass is 32.2. The van der Waals surface area contributed by atoms with Crippen LogP contribution in [0.25, 0.3) is 0 Å². The number of hydrogen-bond acceptors (Lipinski definition) is 3. The van der Waals surface area contributed by atoms with Gasteiger partial charge in [0.05, 0.1) is 12.3 Å². The van der Waals surface area contributed by atoms with Gasteiger partial charge in [-0.1, -0.05) is 12.2 Å². The Morgan fingerprint density at radius 2 is 2.06 bits per heavy atom. The van der Waals surface area contributed by atoms with Gasteiger partial charge in [0.15, 0.2) is 5.96 Å². The van der Waals surface area contributed by atoms with Gasteiger partial charge in [0, 0.05) is 13.1 Å². The van der Waals surface area contributed by atoms with Crippen LogP contribution in [0, 0.1) is 0 Å². The van der Waals surface area contributed by atoms with Crippen LogP contribution >= 0.6 is 0 Å². The number of aliphatic imine (C=N–C) groups is 1. The molecule has 0 aliphatic rings. The average Bonchev–Trinajstić information content (AvgIpc) is 2.21. The Bertz CT molecular complexity index is 349. The van der Waals surface area contributed by atoms with Crippen LogP contribution in [-0.4, -0.2) is 39.8 Å². The van der Waals surface area contributed by atoms with Gasteiger partial charge in [-0.3, -0.25) is 0 Å². The lowest BCUT2D eigenvalue weighted by molar-refractivity contribution is 0.582. The molecule has 4 N–H and O–H groups in total. The molecule has 0 aliphatic heterocycles. The fourth-order valence-electron chi connectivity index (χ4n) is 0.775. The molecule has 0 fully saturated rings. The van der Waals surface area contributed by atoms with Crippen LogP contribution in [-0.2, 0) is 10.0 Å². The van der Waals surface area contributed by atoms with E-state index in [4.69, 9.17) is 5.73 Å². The molecule has 16 heavy (non-hydrogen) atoms. The SMILES string of the molecule is C=C(C)CN=C(N)NCCNS(=O)(=O)CC. The maximum Gasteiger partial charge on any atom is 0.211 e. The highest BCUT2D eigenvalue weighted by Gasteiger charge is 2.03. The quantitative estimate of drug-likeness (QED) is 0.243. The standard InChI is InChI=1S/C9H20N4O2S/c1-4-16(14,15)13-6-5-11-9(10)12-7-8(2)3/h13H,2,4-7H2,1,3H3,(H3,10,11,12). The monoisotopic (exact) mass is 248 g/mol. The van der Waals surface area contributed by atoms with E-state index in [0.29, 0.717) is 25.6 Å². The number of nitrogens with one attached hydrogen (secondary N) is 2. The minimum atomic E-state index is -3.13. The van der Waals surface area contributed by atoms with Crippen molar-refractivity contribution in [1.82, 2.24) is 10.0 Å². The number of nitrogens with zero attached hydrogens (tertiary/aromatic N) is 1. The Morgan fingerprint density at radius 1 is 1.44 bits per heavy atom. The lowest BCUT2D eigenvalue weighted by atomic mass is 10.4. The van der Waals surface area contributed by atoms with Gasteiger partial charge in [-0.25, -0.2) is 18.1 Å². The molecule has 0 aromatic carbocycles. The van der Waals surface area contributed by atoms with Crippen molar-refractivity contribution in [1.29, 1.82) is 0 Å². The van der Waals surface area contributed by atoms with Crippen LogP contribution in [0.5, 0.6) is 0 Å². The van der Waals surface area contributed by atoms with Crippen LogP contribution in [0.15, 0.2) is 17.1 Å². The van der Waals surface area contributed by atoms with Crippen LogP contribution in [0.4, 0.5) is 0 Å². The zero-order chi connectivity index (χ0) is 12.6. The van der Waals surface area contributed by atoms with Gasteiger partial charge in [-0.15, -0.1) is 0 Å². The summed E-state index contributed by atoms with van der Waals surface area (Å²) in [5, 5.41) is 2.79. The molecule has 0 amide bonds. The first-order valence-corrected chi connectivity index (χ1v) is 6.68. The number of guanidine groups is 1. The smallest absolute Gasteiger partial charge is 0.211 e. The Balaban J connectivity index is 3.75. The highest BCUT2D eigenvalue weighted by Crippen LogP contribution is 1.85. The van der Waals surface area contributed by atoms with Crippen LogP contribution in [0.1, 0.15) is 13.8 Å². The fraction of sp³-hybridized carbons (Fsp3) is 0.667. The van der Waals surface area contributed by atoms with Gasteiger partial charge < -0.3 is 11.1 Å². The maximum absolute atomic E-state index is 11.0. The molecular formula is C9H20N4O2S. The summed E-state index contributed by atoms with van der Waals surface area (Å²) < 4.78 is 24.5. The lowest BCUT2D eigenvalue weighted by Crippen LogP contribution is -2.38. The summed E-state index contributed by atoms with van der Waals surface area (Å²) in [4.78, 5) is 3.98. The average molecular weight is 248 g/mol. The Labute approximate surface area is 97.1 Å². The molecule has 0 spiro atoms. The van der Waals surface area contributed by atoms with Gasteiger partial charge >= 0.3 is 0 Å². The van der Waals surface area contributed by atoms with Crippen LogP contribution < -0.4 is 15.8 Å². The van der Waals surface area contributed by atoms with Gasteiger partial charge in [-0.05, 0) is 13.8 Å². The third-order valence-corrected chi connectivity index (χ3v) is 3.06. The third-order valence-electron chi connectivity index (χ3n) is 1.65. The largest absolute Gasteiger partial charge is 0.370 e. The zero-order valence-corrected chi connectivity index (χ0v) is 10.6. The van der Waals surface area contributed by atoms with Gasteiger partial charge in [0.2, 0.25) is 10.0 Å². The van der Waals surface area contributed by atoms with Gasteiger partial charge in [-0.2, -0.15) is 0 Å². The first kappa shape index (κ1) is 14.9. The van der Waals surface area contributed by atoms with Crippen molar-refractivity contribution >= 4 is 16.0 Å². The predicted molar refractivity (Wildman–Crippen MR) is 66.8 cm³/mol. The molecule has 0 saturated carbocycles. The normalized spacial score (nSPS) is 12.5. The molecule has 0 bridgehead atoms. The van der Waals surface area contributed by atoms with Crippen LogP contribution in [0.2, 0.25) is 0 Å². The van der Waals surface area contributed by atoms with Crippen LogP contribution in [0.3, 0.4) is 0 Å². The van der Waals surface area contributed by atoms with Gasteiger partial charge in [0.25, 0.3) is 0 Å². The molecular weight excluding hydrogens is 228 g/mol. The van der Waals surface area contributed by atoms with Crippen molar-refractivity contribution in [3.8, 4) is 0 Å². The van der Waals surface area contributed by atoms with E-state index in [9.17, 15) is 8.42 Å². The van der Waals surface area contributed by atoms with E-state index in [-0.39, 0.29) is 5.75 Å². The summed E-state index contributed by atoms with van der Waals surface area (Å²) >= 11 is 0. The molecule has 0 unspecified atom stereocenters. The summed E-state index contributed by atoms with van der Waals surface area (Å²) in [5.74, 6) is 0.366. The van der Waals surface area contributed by atoms with Crippen molar-refractivity contribution in [2.24, 2.45) is 10.7 Å². The first-order valence-electron chi connectivity index (χ1n) is 5.03. The number of rotatable bonds is 7. The molecule has 0 rings (SSSR count). The molecule has 0 aliphatic carbocycles. The summed E-state index contributed by atoms with van der Waals surface area (Å²) in [6, 6.07) is 0. The summed E-state index contributed by atoms with van der Waals surface area (Å²) in [7, 11) is -3.13. The molecule has 0 aromatic rings. The summed E-state index contributed by atoms with van der Waals surface area (Å²) in [6.07, 6.45) is 0. The molecule has 0 saturated heterocycles. The number of hydrogen-bond donors (Lipinski definition) is 3. The molecule has 0 aromatic heterocycles. The van der Waals surface area contributed by atoms with E-state index in [0.717, 1.165) is 5.57 Å².